The fourth-order valence-electron chi connectivity index (χ4n) is 1.85. The Morgan fingerprint density at radius 3 is 2.50 bits per heavy atom. The molecule has 0 N–H and O–H groups in total. The third kappa shape index (κ3) is 2.00. The molecule has 1 nitrogen and oxygen atoms in total. The number of fused-ring (bicyclic) bond motifs is 1. The Morgan fingerprint density at radius 1 is 1.07 bits per heavy atom. The van der Waals surface area contributed by atoms with Gasteiger partial charge in [-0.05, 0) is 25.7 Å². The molecule has 2 rings (SSSR count). The molecule has 0 amide bonds. The van der Waals surface area contributed by atoms with Crippen LogP contribution in [0.25, 0.3) is 0 Å². The Labute approximate surface area is 90.6 Å². The molecule has 0 saturated heterocycles. The lowest BCUT2D eigenvalue weighted by atomic mass is 9.98. The minimum atomic E-state index is 0.233. The second-order valence-electron chi connectivity index (χ2n) is 5.20. The third-order valence-electron chi connectivity index (χ3n) is 2.74. The first-order valence-corrected chi connectivity index (χ1v) is 6.38. The molecular weight excluding hydrogens is 190 g/mol. The van der Waals surface area contributed by atoms with Crippen molar-refractivity contribution in [2.75, 3.05) is 0 Å². The number of hydrogen-bond donors (Lipinski definition) is 0. The lowest BCUT2D eigenvalue weighted by Gasteiger charge is -2.13. The van der Waals surface area contributed by atoms with Crippen molar-refractivity contribution in [1.82, 2.24) is 4.98 Å². The topological polar surface area (TPSA) is 12.9 Å². The summed E-state index contributed by atoms with van der Waals surface area (Å²) in [5.41, 5.74) is 1.63. The van der Waals surface area contributed by atoms with E-state index in [2.05, 4.69) is 20.8 Å². The molecule has 14 heavy (non-hydrogen) atoms. The van der Waals surface area contributed by atoms with Crippen LogP contribution in [0.1, 0.15) is 55.6 Å². The van der Waals surface area contributed by atoms with E-state index in [0.717, 1.165) is 0 Å². The minimum absolute atomic E-state index is 0.233. The summed E-state index contributed by atoms with van der Waals surface area (Å²) in [5, 5.41) is 1.32. The van der Waals surface area contributed by atoms with Crippen molar-refractivity contribution in [1.29, 1.82) is 0 Å². The molecule has 2 heteroatoms. The maximum Gasteiger partial charge on any atom is 0.0984 e. The highest BCUT2D eigenvalue weighted by Crippen LogP contribution is 2.32. The van der Waals surface area contributed by atoms with Crippen LogP contribution in [0, 0.1) is 0 Å². The van der Waals surface area contributed by atoms with Crippen molar-refractivity contribution in [3.63, 3.8) is 0 Å². The van der Waals surface area contributed by atoms with Crippen molar-refractivity contribution in [3.05, 3.63) is 15.6 Å². The Hall–Kier alpha value is -0.370. The van der Waals surface area contributed by atoms with Gasteiger partial charge in [-0.15, -0.1) is 11.3 Å². The van der Waals surface area contributed by atoms with Gasteiger partial charge in [0.15, 0.2) is 0 Å². The summed E-state index contributed by atoms with van der Waals surface area (Å²) >= 11 is 1.94. The van der Waals surface area contributed by atoms with Crippen LogP contribution in [-0.4, -0.2) is 4.98 Å². The summed E-state index contributed by atoms with van der Waals surface area (Å²) < 4.78 is 0. The predicted molar refractivity (Wildman–Crippen MR) is 62.1 cm³/mol. The number of aromatic nitrogens is 1. The highest BCUT2D eigenvalue weighted by molar-refractivity contribution is 7.11. The maximum absolute atomic E-state index is 4.80. The summed E-state index contributed by atoms with van der Waals surface area (Å²) in [6.45, 7) is 6.77. The Morgan fingerprint density at radius 2 is 1.79 bits per heavy atom. The maximum atomic E-state index is 4.80. The van der Waals surface area contributed by atoms with Gasteiger partial charge in [0.2, 0.25) is 0 Å². The average molecular weight is 209 g/mol. The summed E-state index contributed by atoms with van der Waals surface area (Å²) in [7, 11) is 0. The minimum Gasteiger partial charge on any atom is -0.245 e. The standard InChI is InChI=1S/C12H19NS/c1-12(2,3)11-13-9-7-5-4-6-8-10(9)14-11/h4-8H2,1-3H3. The lowest BCUT2D eigenvalue weighted by molar-refractivity contribution is 0.582. The zero-order valence-electron chi connectivity index (χ0n) is 9.39. The third-order valence-corrected chi connectivity index (χ3v) is 4.32. The van der Waals surface area contributed by atoms with Gasteiger partial charge in [0.25, 0.3) is 0 Å². The van der Waals surface area contributed by atoms with E-state index in [1.54, 1.807) is 4.88 Å². The average Bonchev–Trinajstić information content (AvgIpc) is 2.38. The molecule has 78 valence electrons. The fraction of sp³-hybridized carbons (Fsp3) is 0.750. The van der Waals surface area contributed by atoms with Crippen molar-refractivity contribution >= 4 is 11.3 Å². The summed E-state index contributed by atoms with van der Waals surface area (Å²) in [5.74, 6) is 0. The van der Waals surface area contributed by atoms with Gasteiger partial charge in [-0.1, -0.05) is 27.2 Å². The number of aryl methyl sites for hydroxylation is 2. The second kappa shape index (κ2) is 3.65. The van der Waals surface area contributed by atoms with Gasteiger partial charge in [0.1, 0.15) is 0 Å². The molecule has 1 aliphatic carbocycles. The molecule has 0 radical (unpaired) electrons. The molecule has 0 unspecified atom stereocenters. The van der Waals surface area contributed by atoms with Crippen LogP contribution in [0.2, 0.25) is 0 Å². The highest BCUT2D eigenvalue weighted by atomic mass is 32.1. The summed E-state index contributed by atoms with van der Waals surface area (Å²) in [6, 6.07) is 0. The molecule has 0 atom stereocenters. The van der Waals surface area contributed by atoms with Gasteiger partial charge in [-0.3, -0.25) is 0 Å². The highest BCUT2D eigenvalue weighted by Gasteiger charge is 2.21. The quantitative estimate of drug-likeness (QED) is 0.594. The van der Waals surface area contributed by atoms with Crippen LogP contribution in [0.5, 0.6) is 0 Å². The SMILES string of the molecule is CC(C)(C)c1nc2c(s1)CCCCC2. The Balaban J connectivity index is 2.31. The molecule has 0 spiro atoms. The number of thiazole rings is 1. The van der Waals surface area contributed by atoms with Crippen LogP contribution in [0.4, 0.5) is 0 Å². The van der Waals surface area contributed by atoms with Crippen LogP contribution in [0.15, 0.2) is 0 Å². The first-order chi connectivity index (χ1) is 6.57. The molecule has 1 aliphatic rings. The van der Waals surface area contributed by atoms with Gasteiger partial charge in [0, 0.05) is 10.3 Å². The van der Waals surface area contributed by atoms with Crippen LogP contribution in [-0.2, 0) is 18.3 Å². The van der Waals surface area contributed by atoms with Gasteiger partial charge in [0.05, 0.1) is 10.7 Å². The first-order valence-electron chi connectivity index (χ1n) is 5.56. The van der Waals surface area contributed by atoms with Gasteiger partial charge >= 0.3 is 0 Å². The second-order valence-corrected chi connectivity index (χ2v) is 6.28. The Kier molecular flexibility index (Phi) is 2.65. The van der Waals surface area contributed by atoms with Crippen molar-refractivity contribution in [3.8, 4) is 0 Å². The largest absolute Gasteiger partial charge is 0.245 e. The van der Waals surface area contributed by atoms with E-state index in [1.165, 1.54) is 42.8 Å². The molecule has 1 heterocycles. The summed E-state index contributed by atoms with van der Waals surface area (Å²) in [4.78, 5) is 6.36. The molecule has 1 aromatic heterocycles. The van der Waals surface area contributed by atoms with Crippen molar-refractivity contribution in [2.45, 2.75) is 58.3 Å². The Bertz CT molecular complexity index is 296. The summed E-state index contributed by atoms with van der Waals surface area (Å²) in [6.07, 6.45) is 6.55. The number of nitrogens with zero attached hydrogens (tertiary/aromatic N) is 1. The molecule has 0 aromatic carbocycles. The van der Waals surface area contributed by atoms with E-state index in [1.807, 2.05) is 11.3 Å². The van der Waals surface area contributed by atoms with Crippen molar-refractivity contribution in [2.24, 2.45) is 0 Å². The predicted octanol–water partition coefficient (Wildman–Crippen LogP) is 3.71. The molecule has 0 aliphatic heterocycles. The van der Waals surface area contributed by atoms with E-state index in [-0.39, 0.29) is 5.41 Å². The molecule has 0 fully saturated rings. The van der Waals surface area contributed by atoms with E-state index in [9.17, 15) is 0 Å². The van der Waals surface area contributed by atoms with Crippen molar-refractivity contribution < 1.29 is 0 Å². The van der Waals surface area contributed by atoms with E-state index in [0.29, 0.717) is 0 Å². The number of hydrogen-bond acceptors (Lipinski definition) is 2. The van der Waals surface area contributed by atoms with Gasteiger partial charge in [-0.25, -0.2) is 4.98 Å². The lowest BCUT2D eigenvalue weighted by Crippen LogP contribution is -2.10. The monoisotopic (exact) mass is 209 g/mol. The van der Waals surface area contributed by atoms with Crippen LogP contribution < -0.4 is 0 Å². The fourth-order valence-corrected chi connectivity index (χ4v) is 3.06. The zero-order chi connectivity index (χ0) is 10.2. The van der Waals surface area contributed by atoms with E-state index < -0.39 is 0 Å². The van der Waals surface area contributed by atoms with E-state index in [4.69, 9.17) is 4.98 Å². The molecule has 0 saturated carbocycles. The van der Waals surface area contributed by atoms with Crippen LogP contribution in [0.3, 0.4) is 0 Å². The molecule has 1 aromatic rings. The molecule has 0 bridgehead atoms. The van der Waals surface area contributed by atoms with E-state index >= 15 is 0 Å². The molecular formula is C12H19NS. The van der Waals surface area contributed by atoms with Gasteiger partial charge < -0.3 is 0 Å². The smallest absolute Gasteiger partial charge is 0.0984 e. The normalized spacial score (nSPS) is 17.6. The van der Waals surface area contributed by atoms with Gasteiger partial charge in [-0.2, -0.15) is 0 Å². The number of rotatable bonds is 0. The first kappa shape index (κ1) is 10.2. The van der Waals surface area contributed by atoms with Crippen LogP contribution >= 0.6 is 11.3 Å². The zero-order valence-corrected chi connectivity index (χ0v) is 10.2.